The van der Waals surface area contributed by atoms with Gasteiger partial charge >= 0.3 is 5.97 Å². The van der Waals surface area contributed by atoms with Crippen molar-refractivity contribution in [3.05, 3.63) is 84.2 Å². The third-order valence-corrected chi connectivity index (χ3v) is 6.34. The van der Waals surface area contributed by atoms with Gasteiger partial charge in [-0.3, -0.25) is 0 Å². The van der Waals surface area contributed by atoms with Crippen LogP contribution in [0.3, 0.4) is 0 Å². The van der Waals surface area contributed by atoms with Crippen molar-refractivity contribution in [2.45, 2.75) is 11.8 Å². The Morgan fingerprint density at radius 2 is 1.66 bits per heavy atom. The van der Waals surface area contributed by atoms with Crippen molar-refractivity contribution in [2.24, 2.45) is 0 Å². The van der Waals surface area contributed by atoms with E-state index in [1.54, 1.807) is 18.2 Å². The molecule has 0 unspecified atom stereocenters. The second-order valence-corrected chi connectivity index (χ2v) is 8.40. The van der Waals surface area contributed by atoms with Gasteiger partial charge in [0.15, 0.2) is 11.5 Å². The van der Waals surface area contributed by atoms with Gasteiger partial charge in [-0.1, -0.05) is 60.2 Å². The van der Waals surface area contributed by atoms with E-state index in [2.05, 4.69) is 4.98 Å². The Labute approximate surface area is 168 Å². The van der Waals surface area contributed by atoms with Crippen molar-refractivity contribution in [1.29, 1.82) is 0 Å². The van der Waals surface area contributed by atoms with Crippen molar-refractivity contribution in [3.8, 4) is 11.4 Å². The van der Waals surface area contributed by atoms with Crippen LogP contribution in [0.1, 0.15) is 16.1 Å². The number of carbonyl (C=O) groups is 1. The van der Waals surface area contributed by atoms with E-state index in [1.165, 1.54) is 25.4 Å². The molecular weight excluding hydrogens is 388 g/mol. The highest BCUT2D eigenvalue weighted by Gasteiger charge is 2.26. The fourth-order valence-electron chi connectivity index (χ4n) is 3.17. The molecule has 0 amide bonds. The number of fused-ring (bicyclic) bond motifs is 1. The van der Waals surface area contributed by atoms with Crippen molar-refractivity contribution in [1.82, 2.24) is 8.96 Å². The number of aromatic nitrogens is 2. The molecule has 0 aliphatic rings. The van der Waals surface area contributed by atoms with Crippen LogP contribution in [0.4, 0.5) is 0 Å². The average molecular weight is 406 g/mol. The van der Waals surface area contributed by atoms with Crippen molar-refractivity contribution < 1.29 is 17.9 Å². The molecule has 7 heteroatoms. The van der Waals surface area contributed by atoms with E-state index in [0.29, 0.717) is 5.56 Å². The third-order valence-electron chi connectivity index (χ3n) is 4.68. The van der Waals surface area contributed by atoms with Crippen LogP contribution in [0.2, 0.25) is 0 Å². The van der Waals surface area contributed by atoms with Gasteiger partial charge in [-0.15, -0.1) is 0 Å². The molecule has 0 aliphatic heterocycles. The number of rotatable bonds is 4. The van der Waals surface area contributed by atoms with Gasteiger partial charge in [0, 0.05) is 5.56 Å². The number of esters is 1. The molecule has 4 rings (SSSR count). The Morgan fingerprint density at radius 3 is 2.38 bits per heavy atom. The van der Waals surface area contributed by atoms with Gasteiger partial charge in [-0.2, -0.15) is 0 Å². The Morgan fingerprint density at radius 1 is 0.966 bits per heavy atom. The van der Waals surface area contributed by atoms with Gasteiger partial charge < -0.3 is 4.74 Å². The summed E-state index contributed by atoms with van der Waals surface area (Å²) in [5.41, 5.74) is 1.47. The lowest BCUT2D eigenvalue weighted by molar-refractivity contribution is 0.0594. The number of aryl methyl sites for hydroxylation is 1. The maximum absolute atomic E-state index is 13.4. The summed E-state index contributed by atoms with van der Waals surface area (Å²) in [5.74, 6) is -0.549. The third kappa shape index (κ3) is 3.30. The highest BCUT2D eigenvalue weighted by Crippen LogP contribution is 2.30. The quantitative estimate of drug-likeness (QED) is 0.478. The molecule has 0 spiro atoms. The van der Waals surface area contributed by atoms with Crippen LogP contribution in [-0.2, 0) is 14.8 Å². The van der Waals surface area contributed by atoms with Gasteiger partial charge in [0.25, 0.3) is 10.0 Å². The minimum absolute atomic E-state index is 0.0777. The molecule has 0 saturated carbocycles. The maximum Gasteiger partial charge on any atom is 0.358 e. The van der Waals surface area contributed by atoms with E-state index in [4.69, 9.17) is 4.74 Å². The molecule has 0 radical (unpaired) electrons. The summed E-state index contributed by atoms with van der Waals surface area (Å²) >= 11 is 0. The average Bonchev–Trinajstić information content (AvgIpc) is 3.19. The molecule has 1 heterocycles. The minimum atomic E-state index is -3.98. The summed E-state index contributed by atoms with van der Waals surface area (Å²) in [7, 11) is -2.75. The van der Waals surface area contributed by atoms with E-state index in [-0.39, 0.29) is 16.4 Å². The van der Waals surface area contributed by atoms with E-state index in [0.717, 1.165) is 20.3 Å². The Hall–Kier alpha value is -3.45. The highest BCUT2D eigenvalue weighted by atomic mass is 32.2. The highest BCUT2D eigenvalue weighted by molar-refractivity contribution is 7.90. The first-order chi connectivity index (χ1) is 13.9. The number of hydrogen-bond donors (Lipinski definition) is 0. The summed E-state index contributed by atoms with van der Waals surface area (Å²) in [6.45, 7) is 1.88. The lowest BCUT2D eigenvalue weighted by Crippen LogP contribution is -2.13. The second kappa shape index (κ2) is 7.18. The molecule has 0 aliphatic carbocycles. The van der Waals surface area contributed by atoms with Gasteiger partial charge in [0.1, 0.15) is 0 Å². The standard InChI is InChI=1S/C22H18N2O4S/c1-15-10-12-17(13-11-15)29(26,27)24-14-20(22(25)28-2)23-21(24)19-9-5-7-16-6-3-4-8-18(16)19/h3-14H,1-2H3. The number of ether oxygens (including phenoxy) is 1. The predicted molar refractivity (Wildman–Crippen MR) is 110 cm³/mol. The van der Waals surface area contributed by atoms with Crippen LogP contribution in [0.15, 0.2) is 77.8 Å². The van der Waals surface area contributed by atoms with Gasteiger partial charge in [0.05, 0.1) is 18.2 Å². The second-order valence-electron chi connectivity index (χ2n) is 6.58. The fraction of sp³-hybridized carbons (Fsp3) is 0.0909. The van der Waals surface area contributed by atoms with Crippen molar-refractivity contribution in [2.75, 3.05) is 7.11 Å². The number of nitrogens with zero attached hydrogens (tertiary/aromatic N) is 2. The van der Waals surface area contributed by atoms with Gasteiger partial charge in [0.2, 0.25) is 0 Å². The first-order valence-electron chi connectivity index (χ1n) is 8.90. The topological polar surface area (TPSA) is 78.3 Å². The van der Waals surface area contributed by atoms with Crippen molar-refractivity contribution >= 4 is 26.8 Å². The lowest BCUT2D eigenvalue weighted by atomic mass is 10.0. The summed E-state index contributed by atoms with van der Waals surface area (Å²) < 4.78 is 32.5. The maximum atomic E-state index is 13.4. The zero-order valence-corrected chi connectivity index (χ0v) is 16.7. The van der Waals surface area contributed by atoms with E-state index in [1.807, 2.05) is 43.3 Å². The van der Waals surface area contributed by atoms with Crippen LogP contribution in [-0.4, -0.2) is 30.5 Å². The van der Waals surface area contributed by atoms with Crippen LogP contribution in [0.5, 0.6) is 0 Å². The van der Waals surface area contributed by atoms with Crippen LogP contribution < -0.4 is 0 Å². The molecule has 0 bridgehead atoms. The Kier molecular flexibility index (Phi) is 4.68. The first-order valence-corrected chi connectivity index (χ1v) is 10.3. The first kappa shape index (κ1) is 18.9. The van der Waals surface area contributed by atoms with Crippen LogP contribution in [0, 0.1) is 6.92 Å². The van der Waals surface area contributed by atoms with Crippen molar-refractivity contribution in [3.63, 3.8) is 0 Å². The minimum Gasteiger partial charge on any atom is -0.464 e. The normalized spacial score (nSPS) is 11.5. The number of hydrogen-bond acceptors (Lipinski definition) is 5. The van der Waals surface area contributed by atoms with E-state index >= 15 is 0 Å². The van der Waals surface area contributed by atoms with Crippen LogP contribution in [0.25, 0.3) is 22.2 Å². The molecule has 29 heavy (non-hydrogen) atoms. The molecule has 0 saturated heterocycles. The summed E-state index contributed by atoms with van der Waals surface area (Å²) in [6, 6.07) is 19.7. The number of imidazole rings is 1. The summed E-state index contributed by atoms with van der Waals surface area (Å²) in [4.78, 5) is 16.5. The largest absolute Gasteiger partial charge is 0.464 e. The Bertz CT molecular complexity index is 1320. The molecule has 0 N–H and O–H groups in total. The zero-order chi connectivity index (χ0) is 20.6. The van der Waals surface area contributed by atoms with Gasteiger partial charge in [-0.05, 0) is 29.8 Å². The SMILES string of the molecule is COC(=O)c1cn(S(=O)(=O)c2ccc(C)cc2)c(-c2cccc3ccccc23)n1. The van der Waals surface area contributed by atoms with Gasteiger partial charge in [-0.25, -0.2) is 22.2 Å². The molecule has 0 fully saturated rings. The molecular formula is C22H18N2O4S. The zero-order valence-electron chi connectivity index (χ0n) is 15.9. The fourth-order valence-corrected chi connectivity index (χ4v) is 4.49. The molecule has 4 aromatic rings. The summed E-state index contributed by atoms with van der Waals surface area (Å²) in [5, 5.41) is 1.77. The summed E-state index contributed by atoms with van der Waals surface area (Å²) in [6.07, 6.45) is 1.21. The number of benzene rings is 3. The predicted octanol–water partition coefficient (Wildman–Crippen LogP) is 4.04. The molecule has 1 aromatic heterocycles. The number of carbonyl (C=O) groups excluding carboxylic acids is 1. The lowest BCUT2D eigenvalue weighted by Gasteiger charge is -2.11. The molecule has 146 valence electrons. The van der Waals surface area contributed by atoms with Crippen LogP contribution >= 0.6 is 0 Å². The van der Waals surface area contributed by atoms with E-state index < -0.39 is 16.0 Å². The Balaban J connectivity index is 2.00. The monoisotopic (exact) mass is 406 g/mol. The molecule has 3 aromatic carbocycles. The van der Waals surface area contributed by atoms with E-state index in [9.17, 15) is 13.2 Å². The molecule has 6 nitrogen and oxygen atoms in total. The molecule has 0 atom stereocenters. The smallest absolute Gasteiger partial charge is 0.358 e. The number of methoxy groups -OCH3 is 1.